The van der Waals surface area contributed by atoms with Gasteiger partial charge in [-0.25, -0.2) is 9.36 Å². The number of rotatable bonds is 8. The van der Waals surface area contributed by atoms with Crippen molar-refractivity contribution in [1.29, 1.82) is 0 Å². The van der Waals surface area contributed by atoms with Gasteiger partial charge in [-0.15, -0.1) is 0 Å². The SMILES string of the molecule is COC1CC(n2cc(C=CCN)c(=O)[nH]c2=O)OC1COP(=O)(O)OC. The van der Waals surface area contributed by atoms with Crippen molar-refractivity contribution < 1.29 is 28.0 Å². The molecule has 1 aromatic rings. The normalized spacial score (nSPS) is 25.6. The summed E-state index contributed by atoms with van der Waals surface area (Å²) >= 11 is 0. The highest BCUT2D eigenvalue weighted by Gasteiger charge is 2.38. The van der Waals surface area contributed by atoms with Crippen molar-refractivity contribution in [3.05, 3.63) is 38.7 Å². The lowest BCUT2D eigenvalue weighted by molar-refractivity contribution is -0.0532. The molecule has 1 saturated heterocycles. The van der Waals surface area contributed by atoms with Crippen molar-refractivity contribution in [2.45, 2.75) is 24.9 Å². The van der Waals surface area contributed by atoms with Gasteiger partial charge < -0.3 is 20.1 Å². The molecule has 146 valence electrons. The highest BCUT2D eigenvalue weighted by molar-refractivity contribution is 7.47. The van der Waals surface area contributed by atoms with Gasteiger partial charge in [-0.2, -0.15) is 0 Å². The molecule has 11 nitrogen and oxygen atoms in total. The zero-order valence-corrected chi connectivity index (χ0v) is 15.3. The lowest BCUT2D eigenvalue weighted by atomic mass is 10.2. The number of nitrogens with zero attached hydrogens (tertiary/aromatic N) is 1. The average Bonchev–Trinajstić information content (AvgIpc) is 3.02. The van der Waals surface area contributed by atoms with Crippen LogP contribution in [0.15, 0.2) is 21.9 Å². The number of hydrogen-bond acceptors (Lipinski definition) is 8. The van der Waals surface area contributed by atoms with Gasteiger partial charge in [-0.3, -0.25) is 23.4 Å². The van der Waals surface area contributed by atoms with Crippen LogP contribution in [0.2, 0.25) is 0 Å². The summed E-state index contributed by atoms with van der Waals surface area (Å²) in [4.78, 5) is 35.5. The molecule has 0 amide bonds. The molecule has 2 rings (SSSR count). The molecular weight excluding hydrogens is 369 g/mol. The maximum Gasteiger partial charge on any atom is 0.472 e. The second kappa shape index (κ2) is 8.87. The fraction of sp³-hybridized carbons (Fsp3) is 0.571. The molecule has 4 N–H and O–H groups in total. The molecule has 4 atom stereocenters. The summed E-state index contributed by atoms with van der Waals surface area (Å²) in [5, 5.41) is 0. The molecule has 1 aliphatic rings. The number of hydrogen-bond donors (Lipinski definition) is 3. The first kappa shape index (κ1) is 20.7. The topological polar surface area (TPSA) is 155 Å². The number of ether oxygens (including phenoxy) is 2. The molecule has 4 unspecified atom stereocenters. The minimum absolute atomic E-state index is 0.240. The van der Waals surface area contributed by atoms with Crippen LogP contribution in [0.3, 0.4) is 0 Å². The molecular formula is C14H22N3O8P. The third-order valence-corrected chi connectivity index (χ3v) is 4.79. The highest BCUT2D eigenvalue weighted by Crippen LogP contribution is 2.43. The Morgan fingerprint density at radius 1 is 1.50 bits per heavy atom. The van der Waals surface area contributed by atoms with Crippen LogP contribution in [0.5, 0.6) is 0 Å². The lowest BCUT2D eigenvalue weighted by Crippen LogP contribution is -2.33. The van der Waals surface area contributed by atoms with Crippen LogP contribution >= 0.6 is 7.82 Å². The zero-order chi connectivity index (χ0) is 19.3. The minimum atomic E-state index is -4.16. The Labute approximate surface area is 148 Å². The molecule has 1 aromatic heterocycles. The van der Waals surface area contributed by atoms with E-state index >= 15 is 0 Å². The smallest absolute Gasteiger partial charge is 0.378 e. The van der Waals surface area contributed by atoms with Crippen LogP contribution in [0.25, 0.3) is 6.08 Å². The van der Waals surface area contributed by atoms with Gasteiger partial charge in [0.1, 0.15) is 12.3 Å². The maximum absolute atomic E-state index is 12.1. The zero-order valence-electron chi connectivity index (χ0n) is 14.4. The van der Waals surface area contributed by atoms with E-state index in [-0.39, 0.29) is 25.1 Å². The average molecular weight is 391 g/mol. The van der Waals surface area contributed by atoms with Crippen LogP contribution in [0, 0.1) is 0 Å². The van der Waals surface area contributed by atoms with Crippen LogP contribution in [0.1, 0.15) is 18.2 Å². The van der Waals surface area contributed by atoms with Crippen LogP contribution in [0.4, 0.5) is 0 Å². The van der Waals surface area contributed by atoms with Crippen molar-refractivity contribution in [2.75, 3.05) is 27.4 Å². The van der Waals surface area contributed by atoms with Crippen molar-refractivity contribution in [2.24, 2.45) is 5.73 Å². The first-order valence-corrected chi connectivity index (χ1v) is 9.24. The number of methoxy groups -OCH3 is 1. The summed E-state index contributed by atoms with van der Waals surface area (Å²) in [6.45, 7) is -0.0287. The highest BCUT2D eigenvalue weighted by atomic mass is 31.2. The first-order chi connectivity index (χ1) is 12.3. The van der Waals surface area contributed by atoms with Gasteiger partial charge in [0.2, 0.25) is 0 Å². The monoisotopic (exact) mass is 391 g/mol. The Morgan fingerprint density at radius 3 is 2.85 bits per heavy atom. The van der Waals surface area contributed by atoms with E-state index in [9.17, 15) is 19.0 Å². The van der Waals surface area contributed by atoms with E-state index in [2.05, 4.69) is 9.51 Å². The maximum atomic E-state index is 12.1. The quantitative estimate of drug-likeness (QED) is 0.501. The van der Waals surface area contributed by atoms with Crippen LogP contribution in [-0.2, 0) is 23.1 Å². The second-order valence-electron chi connectivity index (χ2n) is 5.47. The largest absolute Gasteiger partial charge is 0.472 e. The number of nitrogens with one attached hydrogen (secondary N) is 1. The first-order valence-electron chi connectivity index (χ1n) is 7.74. The van der Waals surface area contributed by atoms with E-state index in [1.807, 2.05) is 0 Å². The predicted octanol–water partition coefficient (Wildman–Crippen LogP) is -0.426. The molecule has 26 heavy (non-hydrogen) atoms. The Bertz CT molecular complexity index is 804. The minimum Gasteiger partial charge on any atom is -0.378 e. The number of H-pyrrole nitrogens is 1. The molecule has 2 heterocycles. The summed E-state index contributed by atoms with van der Waals surface area (Å²) < 4.78 is 32.8. The Morgan fingerprint density at radius 2 is 2.23 bits per heavy atom. The van der Waals surface area contributed by atoms with Gasteiger partial charge in [-0.1, -0.05) is 12.2 Å². The van der Waals surface area contributed by atoms with Crippen molar-refractivity contribution in [1.82, 2.24) is 9.55 Å². The summed E-state index contributed by atoms with van der Waals surface area (Å²) in [6.07, 6.45) is 2.77. The summed E-state index contributed by atoms with van der Waals surface area (Å²) in [6, 6.07) is 0. The van der Waals surface area contributed by atoms with Gasteiger partial charge >= 0.3 is 13.5 Å². The fourth-order valence-electron chi connectivity index (χ4n) is 2.52. The number of phosphoric ester groups is 1. The summed E-state index contributed by atoms with van der Waals surface area (Å²) in [5.41, 5.74) is 4.43. The van der Waals surface area contributed by atoms with Crippen molar-refractivity contribution in [3.63, 3.8) is 0 Å². The molecule has 0 spiro atoms. The van der Waals surface area contributed by atoms with Gasteiger partial charge in [0.25, 0.3) is 5.56 Å². The van der Waals surface area contributed by atoms with E-state index in [4.69, 9.17) is 19.7 Å². The Kier molecular flexibility index (Phi) is 7.07. The van der Waals surface area contributed by atoms with Crippen molar-refractivity contribution >= 4 is 13.9 Å². The number of phosphoric acid groups is 1. The van der Waals surface area contributed by atoms with Crippen LogP contribution in [-0.4, -0.2) is 54.0 Å². The molecule has 12 heteroatoms. The Balaban J connectivity index is 2.22. The number of aromatic nitrogens is 2. The summed E-state index contributed by atoms with van der Waals surface area (Å²) in [7, 11) is -1.67. The number of nitrogens with two attached hydrogens (primary N) is 1. The molecule has 1 fully saturated rings. The lowest BCUT2D eigenvalue weighted by Gasteiger charge is -2.18. The van der Waals surface area contributed by atoms with Crippen LogP contribution < -0.4 is 17.0 Å². The molecule has 0 aromatic carbocycles. The van der Waals surface area contributed by atoms with E-state index in [1.165, 1.54) is 23.9 Å². The fourth-order valence-corrected chi connectivity index (χ4v) is 2.96. The van der Waals surface area contributed by atoms with Gasteiger partial charge in [0.05, 0.1) is 18.3 Å². The third kappa shape index (κ3) is 4.98. The van der Waals surface area contributed by atoms with E-state index < -0.39 is 37.5 Å². The second-order valence-corrected chi connectivity index (χ2v) is 7.04. The van der Waals surface area contributed by atoms with E-state index in [0.29, 0.717) is 0 Å². The molecule has 0 saturated carbocycles. The third-order valence-electron chi connectivity index (χ3n) is 3.85. The molecule has 0 bridgehead atoms. The Hall–Kier alpha value is -1.59. The molecule has 0 aliphatic carbocycles. The summed E-state index contributed by atoms with van der Waals surface area (Å²) in [5.74, 6) is 0. The van der Waals surface area contributed by atoms with Crippen molar-refractivity contribution in [3.8, 4) is 0 Å². The van der Waals surface area contributed by atoms with E-state index in [0.717, 1.165) is 7.11 Å². The van der Waals surface area contributed by atoms with E-state index in [1.54, 1.807) is 6.08 Å². The van der Waals surface area contributed by atoms with Gasteiger partial charge in [0.15, 0.2) is 0 Å². The molecule has 0 radical (unpaired) electrons. The van der Waals surface area contributed by atoms with Gasteiger partial charge in [0, 0.05) is 33.4 Å². The predicted molar refractivity (Wildman–Crippen MR) is 91.5 cm³/mol. The standard InChI is InChI=1S/C14H22N3O8P/c1-22-10-6-12(25-11(10)8-24-26(20,21)23-2)17-7-9(4-3-5-15)13(18)16-14(17)19/h3-4,7,10-12H,5-6,8,15H2,1-2H3,(H,20,21)(H,16,18,19). The van der Waals surface area contributed by atoms with Gasteiger partial charge in [-0.05, 0) is 0 Å². The molecule has 1 aliphatic heterocycles. The number of aromatic amines is 1.